The quantitative estimate of drug-likeness (QED) is 0.268. The van der Waals surface area contributed by atoms with Crippen molar-refractivity contribution in [1.29, 1.82) is 0 Å². The van der Waals surface area contributed by atoms with Crippen LogP contribution in [0.1, 0.15) is 49.7 Å². The Morgan fingerprint density at radius 2 is 1.54 bits per heavy atom. The van der Waals surface area contributed by atoms with Gasteiger partial charge in [-0.15, -0.1) is 0 Å². The van der Waals surface area contributed by atoms with E-state index in [1.54, 1.807) is 41.3 Å². The summed E-state index contributed by atoms with van der Waals surface area (Å²) in [6.07, 6.45) is 4.18. The largest absolute Gasteiger partial charge is 0.508 e. The number of hydrogen-bond donors (Lipinski definition) is 1. The second-order valence-electron chi connectivity index (χ2n) is 14.2. The first kappa shape index (κ1) is 31.0. The Morgan fingerprint density at radius 1 is 0.854 bits per heavy atom. The smallest absolute Gasteiger partial charge is 0.241 e. The van der Waals surface area contributed by atoms with E-state index in [1.165, 1.54) is 16.5 Å². The maximum Gasteiger partial charge on any atom is 0.241 e. The average Bonchev–Trinajstić information content (AvgIpc) is 3.46. The summed E-state index contributed by atoms with van der Waals surface area (Å²) in [5, 5.41) is 10.5. The van der Waals surface area contributed by atoms with Gasteiger partial charge in [-0.05, 0) is 73.9 Å². The molecule has 48 heavy (non-hydrogen) atoms. The van der Waals surface area contributed by atoms with Crippen molar-refractivity contribution < 1.29 is 24.3 Å². The van der Waals surface area contributed by atoms with Crippen molar-refractivity contribution in [3.63, 3.8) is 0 Å². The Morgan fingerprint density at radius 3 is 2.23 bits per heavy atom. The van der Waals surface area contributed by atoms with E-state index in [0.717, 1.165) is 38.0 Å². The van der Waals surface area contributed by atoms with Crippen LogP contribution in [0.25, 0.3) is 0 Å². The Hall–Kier alpha value is -4.27. The molecule has 3 aliphatic heterocycles. The molecule has 1 saturated carbocycles. The molecule has 0 unspecified atom stereocenters. The van der Waals surface area contributed by atoms with Crippen molar-refractivity contribution in [2.75, 3.05) is 18.0 Å². The molecule has 2 aliphatic carbocycles. The first-order valence-corrected chi connectivity index (χ1v) is 17.3. The number of halogens is 1. The van der Waals surface area contributed by atoms with E-state index in [9.17, 15) is 24.3 Å². The minimum absolute atomic E-state index is 0.00253. The number of phenolic OH excluding ortho intramolecular Hbond substituents is 1. The summed E-state index contributed by atoms with van der Waals surface area (Å²) < 4.78 is 0. The van der Waals surface area contributed by atoms with Gasteiger partial charge >= 0.3 is 0 Å². The highest BCUT2D eigenvalue weighted by Crippen LogP contribution is 2.64. The minimum atomic E-state index is -1.18. The molecule has 4 amide bonds. The molecule has 5 aliphatic rings. The van der Waals surface area contributed by atoms with Crippen LogP contribution in [0.4, 0.5) is 5.69 Å². The van der Waals surface area contributed by atoms with E-state index < -0.39 is 35.0 Å². The number of benzene rings is 3. The van der Waals surface area contributed by atoms with Crippen LogP contribution in [0.3, 0.4) is 0 Å². The number of carbonyl (C=O) groups is 4. The Kier molecular flexibility index (Phi) is 7.57. The molecular weight excluding hydrogens is 626 g/mol. The summed E-state index contributed by atoms with van der Waals surface area (Å²) >= 11 is 6.80. The fourth-order valence-electron chi connectivity index (χ4n) is 9.49. The van der Waals surface area contributed by atoms with Gasteiger partial charge in [0.15, 0.2) is 0 Å². The Balaban J connectivity index is 1.13. The topological polar surface area (TPSA) is 98.2 Å². The molecule has 9 heteroatoms. The molecule has 3 heterocycles. The third kappa shape index (κ3) is 4.67. The molecule has 0 spiro atoms. The van der Waals surface area contributed by atoms with Crippen LogP contribution in [-0.4, -0.2) is 57.7 Å². The zero-order valence-electron chi connectivity index (χ0n) is 26.8. The van der Waals surface area contributed by atoms with Crippen LogP contribution in [0.5, 0.6) is 5.75 Å². The number of rotatable bonds is 5. The summed E-state index contributed by atoms with van der Waals surface area (Å²) in [7, 11) is 0. The van der Waals surface area contributed by atoms with Gasteiger partial charge in [0, 0.05) is 36.6 Å². The second kappa shape index (κ2) is 11.7. The lowest BCUT2D eigenvalue weighted by Gasteiger charge is -2.49. The molecule has 3 aromatic rings. The van der Waals surface area contributed by atoms with Crippen LogP contribution >= 0.6 is 11.6 Å². The number of fused-ring (bicyclic) bond motifs is 4. The number of phenols is 1. The number of hydrogen-bond acceptors (Lipinski definition) is 6. The highest BCUT2D eigenvalue weighted by Gasteiger charge is 2.68. The highest BCUT2D eigenvalue weighted by molar-refractivity contribution is 6.32. The van der Waals surface area contributed by atoms with E-state index >= 15 is 0 Å². The lowest BCUT2D eigenvalue weighted by molar-refractivity contribution is -0.144. The van der Waals surface area contributed by atoms with Crippen molar-refractivity contribution in [2.45, 2.75) is 51.1 Å². The Bertz CT molecular complexity index is 1840. The number of para-hydroxylation sites is 1. The van der Waals surface area contributed by atoms with Crippen LogP contribution in [-0.2, 0) is 25.7 Å². The number of piperidine rings is 1. The highest BCUT2D eigenvalue weighted by atomic mass is 35.5. The second-order valence-corrected chi connectivity index (χ2v) is 14.6. The van der Waals surface area contributed by atoms with Gasteiger partial charge in [-0.25, -0.2) is 4.90 Å². The van der Waals surface area contributed by atoms with E-state index in [4.69, 9.17) is 11.6 Å². The lowest BCUT2D eigenvalue weighted by Crippen LogP contribution is -2.49. The molecule has 8 rings (SSSR count). The zero-order valence-corrected chi connectivity index (χ0v) is 27.6. The third-order valence-corrected chi connectivity index (χ3v) is 12.1. The summed E-state index contributed by atoms with van der Waals surface area (Å²) in [5.74, 6) is -3.71. The maximum absolute atomic E-state index is 14.5. The number of likely N-dealkylation sites (tertiary alicyclic amines) is 2. The molecule has 3 saturated heterocycles. The van der Waals surface area contributed by atoms with Gasteiger partial charge in [0.2, 0.25) is 23.6 Å². The number of amides is 4. The molecule has 246 valence electrons. The lowest BCUT2D eigenvalue weighted by atomic mass is 9.51. The summed E-state index contributed by atoms with van der Waals surface area (Å²) in [6.45, 7) is 4.28. The van der Waals surface area contributed by atoms with Gasteiger partial charge in [0.1, 0.15) is 5.75 Å². The van der Waals surface area contributed by atoms with Crippen molar-refractivity contribution in [1.82, 2.24) is 9.80 Å². The van der Waals surface area contributed by atoms with Crippen molar-refractivity contribution in [3.8, 4) is 5.75 Å². The van der Waals surface area contributed by atoms with Crippen LogP contribution in [0.2, 0.25) is 5.02 Å². The summed E-state index contributed by atoms with van der Waals surface area (Å²) in [5.41, 5.74) is 2.09. The molecule has 8 nitrogen and oxygen atoms in total. The monoisotopic (exact) mass is 663 g/mol. The number of carbonyl (C=O) groups excluding carboxylic acids is 4. The van der Waals surface area contributed by atoms with Gasteiger partial charge in [-0.3, -0.25) is 29.0 Å². The summed E-state index contributed by atoms with van der Waals surface area (Å²) in [6, 6.07) is 23.8. The van der Waals surface area contributed by atoms with Gasteiger partial charge in [0.05, 0.1) is 28.9 Å². The normalized spacial score (nSPS) is 30.7. The van der Waals surface area contributed by atoms with Gasteiger partial charge in [0.25, 0.3) is 0 Å². The SMILES string of the molecule is C[C@@]12C(=O)N(c3ccccc3)C(=O)[C@@H]1C[C@@H]1C(=CC[C@@H]3C(=O)N(C4CCN(Cc5ccccc5)CC4)C(=O)[C@@H]31)[C@@H]2c1ccc(O)cc1Cl. The van der Waals surface area contributed by atoms with Gasteiger partial charge in [-0.1, -0.05) is 77.8 Å². The van der Waals surface area contributed by atoms with E-state index in [2.05, 4.69) is 17.0 Å². The number of nitrogens with zero attached hydrogens (tertiary/aromatic N) is 3. The van der Waals surface area contributed by atoms with Crippen molar-refractivity contribution in [2.24, 2.45) is 29.1 Å². The van der Waals surface area contributed by atoms with E-state index in [-0.39, 0.29) is 35.4 Å². The van der Waals surface area contributed by atoms with Crippen LogP contribution in [0, 0.1) is 29.1 Å². The van der Waals surface area contributed by atoms with Gasteiger partial charge in [-0.2, -0.15) is 0 Å². The molecule has 0 radical (unpaired) electrons. The maximum atomic E-state index is 14.5. The fraction of sp³-hybridized carbons (Fsp3) is 0.385. The third-order valence-electron chi connectivity index (χ3n) is 11.8. The van der Waals surface area contributed by atoms with E-state index in [1.807, 2.05) is 37.3 Å². The first-order valence-electron chi connectivity index (χ1n) is 16.9. The van der Waals surface area contributed by atoms with Crippen molar-refractivity contribution >= 4 is 40.9 Å². The standard InChI is InChI=1S/C39H38ClN3O5/c1-39-31(36(46)43(38(39)48)24-10-6-3-7-11-24)21-30-27(34(39)28-13-12-26(44)20-32(28)40)14-15-29-33(30)37(47)42(35(29)45)25-16-18-41(19-17-25)22-23-8-4-2-5-9-23/h2-14,20,25,29-31,33-34,44H,15-19,21-22H2,1H3/t29-,30+,31-,33-,34+,39+/m0/s1. The predicted octanol–water partition coefficient (Wildman–Crippen LogP) is 5.94. The van der Waals surface area contributed by atoms with Gasteiger partial charge < -0.3 is 5.11 Å². The molecule has 0 aromatic heterocycles. The molecule has 1 N–H and O–H groups in total. The van der Waals surface area contributed by atoms with Crippen LogP contribution in [0.15, 0.2) is 90.5 Å². The predicted molar refractivity (Wildman–Crippen MR) is 181 cm³/mol. The number of allylic oxidation sites excluding steroid dienone is 2. The Labute approximate surface area is 285 Å². The molecule has 0 bridgehead atoms. The van der Waals surface area contributed by atoms with Crippen LogP contribution < -0.4 is 4.90 Å². The first-order chi connectivity index (χ1) is 23.2. The zero-order chi connectivity index (χ0) is 33.3. The number of imide groups is 2. The average molecular weight is 664 g/mol. The summed E-state index contributed by atoms with van der Waals surface area (Å²) in [4.78, 5) is 62.6. The molecular formula is C39H38ClN3O5. The molecule has 4 fully saturated rings. The minimum Gasteiger partial charge on any atom is -0.508 e. The van der Waals surface area contributed by atoms with Crippen molar-refractivity contribution in [3.05, 3.63) is 107 Å². The molecule has 6 atom stereocenters. The number of anilines is 1. The fourth-order valence-corrected chi connectivity index (χ4v) is 9.78. The molecule has 3 aromatic carbocycles. The number of aromatic hydroxyl groups is 1. The van der Waals surface area contributed by atoms with E-state index in [0.29, 0.717) is 29.1 Å².